The van der Waals surface area contributed by atoms with Crippen LogP contribution in [0.5, 0.6) is 5.75 Å². The second-order valence-electron chi connectivity index (χ2n) is 4.35. The maximum absolute atomic E-state index is 12.1. The van der Waals surface area contributed by atoms with Crippen molar-refractivity contribution in [1.82, 2.24) is 5.32 Å². The molecular formula is C13H12ClNO2S. The summed E-state index contributed by atoms with van der Waals surface area (Å²) < 4.78 is 6.38. The number of carbonyl (C=O) groups is 1. The highest BCUT2D eigenvalue weighted by atomic mass is 35.5. The van der Waals surface area contributed by atoms with Gasteiger partial charge in [0.1, 0.15) is 10.6 Å². The molecule has 1 fully saturated rings. The maximum atomic E-state index is 12.1. The molecule has 3 nitrogen and oxygen atoms in total. The van der Waals surface area contributed by atoms with E-state index in [0.29, 0.717) is 21.7 Å². The molecule has 0 unspecified atom stereocenters. The smallest absolute Gasteiger partial charge is 0.265 e. The fourth-order valence-electron chi connectivity index (χ4n) is 1.88. The lowest BCUT2D eigenvalue weighted by Crippen LogP contribution is -2.24. The Morgan fingerprint density at radius 1 is 1.50 bits per heavy atom. The van der Waals surface area contributed by atoms with Crippen LogP contribution in [-0.4, -0.2) is 19.1 Å². The van der Waals surface area contributed by atoms with Crippen LogP contribution in [0.2, 0.25) is 5.02 Å². The molecule has 1 N–H and O–H groups in total. The van der Waals surface area contributed by atoms with E-state index < -0.39 is 0 Å². The molecule has 1 aliphatic carbocycles. The van der Waals surface area contributed by atoms with E-state index in [1.54, 1.807) is 7.11 Å². The van der Waals surface area contributed by atoms with E-state index in [-0.39, 0.29) is 5.91 Å². The number of hydrogen-bond acceptors (Lipinski definition) is 3. The van der Waals surface area contributed by atoms with Crippen LogP contribution in [0, 0.1) is 0 Å². The first-order chi connectivity index (χ1) is 8.69. The van der Waals surface area contributed by atoms with Crippen molar-refractivity contribution in [3.8, 4) is 5.75 Å². The number of nitrogens with one attached hydrogen (secondary N) is 1. The standard InChI is InChI=1S/C13H12ClNO2S/c1-17-11-9-6-7(14)2-5-10(9)18-12(11)13(16)15-8-3-4-8/h2,5-6,8H,3-4H2,1H3,(H,15,16). The number of methoxy groups -OCH3 is 1. The largest absolute Gasteiger partial charge is 0.494 e. The van der Waals surface area contributed by atoms with E-state index in [1.807, 2.05) is 18.2 Å². The third kappa shape index (κ3) is 2.06. The van der Waals surface area contributed by atoms with Crippen LogP contribution in [0.1, 0.15) is 22.5 Å². The molecule has 0 spiro atoms. The zero-order valence-corrected chi connectivity index (χ0v) is 11.4. The van der Waals surface area contributed by atoms with E-state index in [2.05, 4.69) is 5.32 Å². The predicted octanol–water partition coefficient (Wildman–Crippen LogP) is 3.46. The molecular weight excluding hydrogens is 270 g/mol. The summed E-state index contributed by atoms with van der Waals surface area (Å²) in [5.41, 5.74) is 0. The average molecular weight is 282 g/mol. The Kier molecular flexibility index (Phi) is 2.92. The monoisotopic (exact) mass is 281 g/mol. The van der Waals surface area contributed by atoms with Crippen LogP contribution in [-0.2, 0) is 0 Å². The van der Waals surface area contributed by atoms with E-state index in [1.165, 1.54) is 11.3 Å². The van der Waals surface area contributed by atoms with Gasteiger partial charge in [-0.25, -0.2) is 0 Å². The third-order valence-electron chi connectivity index (χ3n) is 2.93. The molecule has 1 aliphatic rings. The first-order valence-electron chi connectivity index (χ1n) is 5.76. The molecule has 0 atom stereocenters. The molecule has 0 aliphatic heterocycles. The molecule has 3 rings (SSSR count). The van der Waals surface area contributed by atoms with Gasteiger partial charge in [-0.2, -0.15) is 0 Å². The Morgan fingerprint density at radius 2 is 2.28 bits per heavy atom. The summed E-state index contributed by atoms with van der Waals surface area (Å²) in [6.45, 7) is 0. The number of amides is 1. The van der Waals surface area contributed by atoms with Crippen LogP contribution < -0.4 is 10.1 Å². The van der Waals surface area contributed by atoms with Gasteiger partial charge < -0.3 is 10.1 Å². The molecule has 1 heterocycles. The van der Waals surface area contributed by atoms with Gasteiger partial charge in [0.15, 0.2) is 0 Å². The van der Waals surface area contributed by atoms with E-state index >= 15 is 0 Å². The van der Waals surface area contributed by atoms with E-state index in [9.17, 15) is 4.79 Å². The second kappa shape index (κ2) is 4.44. The number of carbonyl (C=O) groups excluding carboxylic acids is 1. The minimum atomic E-state index is -0.0494. The highest BCUT2D eigenvalue weighted by Crippen LogP contribution is 2.39. The number of thiophene rings is 1. The lowest BCUT2D eigenvalue weighted by molar-refractivity contribution is 0.0952. The van der Waals surface area contributed by atoms with Crippen molar-refractivity contribution in [3.63, 3.8) is 0 Å². The van der Waals surface area contributed by atoms with Gasteiger partial charge in [-0.15, -0.1) is 11.3 Å². The van der Waals surface area contributed by atoms with Crippen molar-refractivity contribution in [2.75, 3.05) is 7.11 Å². The summed E-state index contributed by atoms with van der Waals surface area (Å²) in [4.78, 5) is 12.7. The number of fused-ring (bicyclic) bond motifs is 1. The number of ether oxygens (including phenoxy) is 1. The normalized spacial score (nSPS) is 14.8. The number of hydrogen-bond donors (Lipinski definition) is 1. The molecule has 0 saturated heterocycles. The zero-order chi connectivity index (χ0) is 12.7. The average Bonchev–Trinajstić information content (AvgIpc) is 3.08. The predicted molar refractivity (Wildman–Crippen MR) is 73.9 cm³/mol. The van der Waals surface area contributed by atoms with Crippen molar-refractivity contribution in [1.29, 1.82) is 0 Å². The van der Waals surface area contributed by atoms with Crippen LogP contribution >= 0.6 is 22.9 Å². The van der Waals surface area contributed by atoms with Gasteiger partial charge in [-0.05, 0) is 31.0 Å². The molecule has 94 valence electrons. The number of halogens is 1. The summed E-state index contributed by atoms with van der Waals surface area (Å²) >= 11 is 7.42. The Hall–Kier alpha value is -1.26. The van der Waals surface area contributed by atoms with Crippen molar-refractivity contribution in [3.05, 3.63) is 28.1 Å². The minimum Gasteiger partial charge on any atom is -0.494 e. The van der Waals surface area contributed by atoms with Crippen molar-refractivity contribution in [2.45, 2.75) is 18.9 Å². The van der Waals surface area contributed by atoms with Gasteiger partial charge in [0.05, 0.1) is 7.11 Å². The SMILES string of the molecule is COc1c(C(=O)NC2CC2)sc2ccc(Cl)cc12. The molecule has 5 heteroatoms. The Balaban J connectivity index is 2.07. The Labute approximate surface area is 114 Å². The molecule has 0 radical (unpaired) electrons. The second-order valence-corrected chi connectivity index (χ2v) is 5.84. The molecule has 2 aromatic rings. The summed E-state index contributed by atoms with van der Waals surface area (Å²) in [6, 6.07) is 5.91. The Bertz CT molecular complexity index is 619. The van der Waals surface area contributed by atoms with Gasteiger partial charge in [0, 0.05) is 21.2 Å². The summed E-state index contributed by atoms with van der Waals surface area (Å²) in [5.74, 6) is 0.572. The maximum Gasteiger partial charge on any atom is 0.265 e. The lowest BCUT2D eigenvalue weighted by Gasteiger charge is -2.03. The fraction of sp³-hybridized carbons (Fsp3) is 0.308. The van der Waals surface area contributed by atoms with E-state index in [0.717, 1.165) is 22.9 Å². The highest BCUT2D eigenvalue weighted by Gasteiger charge is 2.27. The summed E-state index contributed by atoms with van der Waals surface area (Å²) in [7, 11) is 1.58. The summed E-state index contributed by atoms with van der Waals surface area (Å²) in [5, 5.41) is 4.52. The fourth-order valence-corrected chi connectivity index (χ4v) is 3.11. The highest BCUT2D eigenvalue weighted by molar-refractivity contribution is 7.21. The molecule has 1 aromatic heterocycles. The van der Waals surface area contributed by atoms with Crippen LogP contribution in [0.15, 0.2) is 18.2 Å². The van der Waals surface area contributed by atoms with Gasteiger partial charge in [-0.3, -0.25) is 4.79 Å². The van der Waals surface area contributed by atoms with Crippen molar-refractivity contribution < 1.29 is 9.53 Å². The quantitative estimate of drug-likeness (QED) is 0.936. The number of benzene rings is 1. The molecule has 1 saturated carbocycles. The first kappa shape index (κ1) is 11.8. The zero-order valence-electron chi connectivity index (χ0n) is 9.83. The Morgan fingerprint density at radius 3 is 2.94 bits per heavy atom. The molecule has 0 bridgehead atoms. The molecule has 18 heavy (non-hydrogen) atoms. The van der Waals surface area contributed by atoms with Gasteiger partial charge >= 0.3 is 0 Å². The summed E-state index contributed by atoms with van der Waals surface area (Å²) in [6.07, 6.45) is 2.15. The van der Waals surface area contributed by atoms with Crippen molar-refractivity contribution >= 4 is 38.9 Å². The topological polar surface area (TPSA) is 38.3 Å². The third-order valence-corrected chi connectivity index (χ3v) is 4.31. The van der Waals surface area contributed by atoms with Crippen molar-refractivity contribution in [2.24, 2.45) is 0 Å². The van der Waals surface area contributed by atoms with Crippen LogP contribution in [0.25, 0.3) is 10.1 Å². The molecule has 1 aromatic carbocycles. The van der Waals surface area contributed by atoms with Gasteiger partial charge in [0.2, 0.25) is 0 Å². The number of rotatable bonds is 3. The molecule has 1 amide bonds. The van der Waals surface area contributed by atoms with Gasteiger partial charge in [0.25, 0.3) is 5.91 Å². The van der Waals surface area contributed by atoms with Crippen LogP contribution in [0.4, 0.5) is 0 Å². The van der Waals surface area contributed by atoms with Gasteiger partial charge in [-0.1, -0.05) is 11.6 Å². The lowest BCUT2D eigenvalue weighted by atomic mass is 10.2. The van der Waals surface area contributed by atoms with E-state index in [4.69, 9.17) is 16.3 Å². The first-order valence-corrected chi connectivity index (χ1v) is 6.95. The van der Waals surface area contributed by atoms with Crippen LogP contribution in [0.3, 0.4) is 0 Å². The minimum absolute atomic E-state index is 0.0494.